The first-order valence-electron chi connectivity index (χ1n) is 4.17. The van der Waals surface area contributed by atoms with Crippen LogP contribution in [0.2, 0.25) is 10.0 Å². The minimum absolute atomic E-state index is 0.0311. The predicted molar refractivity (Wildman–Crippen MR) is 59.1 cm³/mol. The van der Waals surface area contributed by atoms with E-state index >= 15 is 0 Å². The molecule has 6 heteroatoms. The van der Waals surface area contributed by atoms with Gasteiger partial charge in [0.05, 0.1) is 35.4 Å². The summed E-state index contributed by atoms with van der Waals surface area (Å²) in [6.07, 6.45) is 0. The second-order valence-electron chi connectivity index (χ2n) is 2.77. The summed E-state index contributed by atoms with van der Waals surface area (Å²) < 4.78 is 9.00. The Kier molecular flexibility index (Phi) is 4.15. The monoisotopic (exact) mass is 262 g/mol. The molecule has 0 N–H and O–H groups in total. The van der Waals surface area contributed by atoms with Gasteiger partial charge in [0.2, 0.25) is 0 Å². The summed E-state index contributed by atoms with van der Waals surface area (Å²) in [5, 5.41) is -0.0622. The molecule has 86 valence electrons. The van der Waals surface area contributed by atoms with Crippen LogP contribution in [0.5, 0.6) is 0 Å². The Balaban J connectivity index is 3.28. The lowest BCUT2D eigenvalue weighted by atomic mass is 10.1. The van der Waals surface area contributed by atoms with Gasteiger partial charge < -0.3 is 9.47 Å². The van der Waals surface area contributed by atoms with E-state index in [1.807, 2.05) is 0 Å². The van der Waals surface area contributed by atoms with Crippen LogP contribution in [0.15, 0.2) is 12.1 Å². The molecule has 0 atom stereocenters. The molecule has 0 saturated heterocycles. The van der Waals surface area contributed by atoms with Gasteiger partial charge in [-0.25, -0.2) is 9.59 Å². The van der Waals surface area contributed by atoms with Gasteiger partial charge in [0.1, 0.15) is 0 Å². The molecular formula is C10H8Cl2O4. The minimum atomic E-state index is -0.622. The quantitative estimate of drug-likeness (QED) is 0.769. The third-order valence-electron chi connectivity index (χ3n) is 1.89. The Morgan fingerprint density at radius 3 is 1.50 bits per heavy atom. The van der Waals surface area contributed by atoms with Crippen molar-refractivity contribution in [3.8, 4) is 0 Å². The molecule has 0 aromatic heterocycles. The maximum absolute atomic E-state index is 11.3. The van der Waals surface area contributed by atoms with Crippen LogP contribution < -0.4 is 0 Å². The number of halogens is 2. The van der Waals surface area contributed by atoms with Crippen LogP contribution in [-0.4, -0.2) is 26.2 Å². The van der Waals surface area contributed by atoms with Crippen LogP contribution in [0.4, 0.5) is 0 Å². The summed E-state index contributed by atoms with van der Waals surface area (Å²) in [6.45, 7) is 0. The largest absolute Gasteiger partial charge is 0.465 e. The summed E-state index contributed by atoms with van der Waals surface area (Å²) >= 11 is 11.7. The van der Waals surface area contributed by atoms with Crippen LogP contribution in [0.1, 0.15) is 20.7 Å². The van der Waals surface area contributed by atoms with Crippen molar-refractivity contribution in [2.24, 2.45) is 0 Å². The Morgan fingerprint density at radius 2 is 1.25 bits per heavy atom. The molecule has 0 spiro atoms. The molecule has 4 nitrogen and oxygen atoms in total. The predicted octanol–water partition coefficient (Wildman–Crippen LogP) is 2.57. The zero-order valence-corrected chi connectivity index (χ0v) is 10.1. The first-order valence-corrected chi connectivity index (χ1v) is 4.93. The number of ether oxygens (including phenoxy) is 2. The minimum Gasteiger partial charge on any atom is -0.465 e. The fraction of sp³-hybridized carbons (Fsp3) is 0.200. The summed E-state index contributed by atoms with van der Waals surface area (Å²) in [4.78, 5) is 22.5. The van der Waals surface area contributed by atoms with Gasteiger partial charge in [-0.05, 0) is 12.1 Å². The number of esters is 2. The van der Waals surface area contributed by atoms with E-state index < -0.39 is 11.9 Å². The van der Waals surface area contributed by atoms with Gasteiger partial charge in [0.25, 0.3) is 0 Å². The second-order valence-corrected chi connectivity index (χ2v) is 3.53. The van der Waals surface area contributed by atoms with Crippen molar-refractivity contribution >= 4 is 35.1 Å². The van der Waals surface area contributed by atoms with E-state index in [-0.39, 0.29) is 21.2 Å². The molecule has 1 aromatic rings. The van der Waals surface area contributed by atoms with Gasteiger partial charge in [-0.3, -0.25) is 0 Å². The number of hydrogen-bond acceptors (Lipinski definition) is 4. The summed E-state index contributed by atoms with van der Waals surface area (Å²) in [5.41, 5.74) is 0.198. The number of benzene rings is 1. The molecule has 0 aliphatic rings. The van der Waals surface area contributed by atoms with Gasteiger partial charge in [0.15, 0.2) is 0 Å². The highest BCUT2D eigenvalue weighted by Crippen LogP contribution is 2.30. The van der Waals surface area contributed by atoms with Crippen molar-refractivity contribution in [3.05, 3.63) is 33.3 Å². The fourth-order valence-electron chi connectivity index (χ4n) is 1.08. The van der Waals surface area contributed by atoms with Crippen molar-refractivity contribution in [2.75, 3.05) is 14.2 Å². The molecule has 1 aromatic carbocycles. The molecule has 1 rings (SSSR count). The highest BCUT2D eigenvalue weighted by molar-refractivity contribution is 6.45. The molecule has 0 fully saturated rings. The fourth-order valence-corrected chi connectivity index (χ4v) is 1.57. The van der Waals surface area contributed by atoms with E-state index in [1.165, 1.54) is 26.4 Å². The van der Waals surface area contributed by atoms with Gasteiger partial charge in [-0.15, -0.1) is 0 Å². The number of carbonyl (C=O) groups excluding carboxylic acids is 2. The molecule has 0 heterocycles. The molecule has 0 unspecified atom stereocenters. The van der Waals surface area contributed by atoms with Crippen LogP contribution >= 0.6 is 23.2 Å². The first kappa shape index (κ1) is 12.8. The molecule has 0 bridgehead atoms. The van der Waals surface area contributed by atoms with Gasteiger partial charge in [-0.1, -0.05) is 23.2 Å². The highest BCUT2D eigenvalue weighted by Gasteiger charge is 2.19. The highest BCUT2D eigenvalue weighted by atomic mass is 35.5. The van der Waals surface area contributed by atoms with E-state index in [0.717, 1.165) is 0 Å². The van der Waals surface area contributed by atoms with Crippen LogP contribution in [-0.2, 0) is 9.47 Å². The van der Waals surface area contributed by atoms with E-state index in [1.54, 1.807) is 0 Å². The zero-order chi connectivity index (χ0) is 12.3. The Morgan fingerprint density at radius 1 is 0.938 bits per heavy atom. The third-order valence-corrected chi connectivity index (χ3v) is 2.77. The van der Waals surface area contributed by atoms with Crippen molar-refractivity contribution in [3.63, 3.8) is 0 Å². The Hall–Kier alpha value is -1.26. The molecular weight excluding hydrogens is 255 g/mol. The lowest BCUT2D eigenvalue weighted by molar-refractivity contribution is 0.0587. The summed E-state index contributed by atoms with van der Waals surface area (Å²) in [6, 6.07) is 2.71. The van der Waals surface area contributed by atoms with Gasteiger partial charge in [-0.2, -0.15) is 0 Å². The maximum atomic E-state index is 11.3. The topological polar surface area (TPSA) is 52.6 Å². The van der Waals surface area contributed by atoms with E-state index in [2.05, 4.69) is 9.47 Å². The number of carbonyl (C=O) groups is 2. The normalized spacial score (nSPS) is 9.75. The van der Waals surface area contributed by atoms with Gasteiger partial charge in [0, 0.05) is 0 Å². The number of methoxy groups -OCH3 is 2. The van der Waals surface area contributed by atoms with E-state index in [4.69, 9.17) is 23.2 Å². The molecule has 0 aliphatic heterocycles. The lowest BCUT2D eigenvalue weighted by Crippen LogP contribution is -2.07. The Bertz CT molecular complexity index is 402. The van der Waals surface area contributed by atoms with Crippen molar-refractivity contribution in [1.82, 2.24) is 0 Å². The lowest BCUT2D eigenvalue weighted by Gasteiger charge is -2.07. The SMILES string of the molecule is COC(=O)c1ccc(C(=O)OC)c(Cl)c1Cl. The second kappa shape index (κ2) is 5.18. The van der Waals surface area contributed by atoms with Crippen molar-refractivity contribution in [1.29, 1.82) is 0 Å². The maximum Gasteiger partial charge on any atom is 0.339 e. The van der Waals surface area contributed by atoms with Crippen molar-refractivity contribution < 1.29 is 19.1 Å². The Labute approximate surface area is 102 Å². The molecule has 0 amide bonds. The number of rotatable bonds is 2. The van der Waals surface area contributed by atoms with Crippen LogP contribution in [0, 0.1) is 0 Å². The molecule has 0 aliphatic carbocycles. The summed E-state index contributed by atoms with van der Waals surface area (Å²) in [5.74, 6) is -1.24. The smallest absolute Gasteiger partial charge is 0.339 e. The molecule has 0 radical (unpaired) electrons. The number of hydrogen-bond donors (Lipinski definition) is 0. The van der Waals surface area contributed by atoms with Gasteiger partial charge >= 0.3 is 11.9 Å². The molecule has 16 heavy (non-hydrogen) atoms. The average Bonchev–Trinajstić information content (AvgIpc) is 2.30. The standard InChI is InChI=1S/C10H8Cl2O4/c1-15-9(13)5-3-4-6(10(14)16-2)8(12)7(5)11/h3-4H,1-2H3. The van der Waals surface area contributed by atoms with E-state index in [9.17, 15) is 9.59 Å². The molecule has 0 saturated carbocycles. The van der Waals surface area contributed by atoms with Crippen molar-refractivity contribution in [2.45, 2.75) is 0 Å². The van der Waals surface area contributed by atoms with Crippen LogP contribution in [0.25, 0.3) is 0 Å². The summed E-state index contributed by atoms with van der Waals surface area (Å²) in [7, 11) is 2.45. The van der Waals surface area contributed by atoms with Crippen LogP contribution in [0.3, 0.4) is 0 Å². The first-order chi connectivity index (χ1) is 7.52. The zero-order valence-electron chi connectivity index (χ0n) is 8.54. The van der Waals surface area contributed by atoms with E-state index in [0.29, 0.717) is 0 Å². The average molecular weight is 263 g/mol. The third kappa shape index (κ3) is 2.28.